The predicted molar refractivity (Wildman–Crippen MR) is 351 cm³/mol. The maximum absolute atomic E-state index is 13.7. The number of carboxylic acids is 1. The number of hydrogen-bond acceptors (Lipinski definition) is 15. The van der Waals surface area contributed by atoms with E-state index in [9.17, 15) is 39.2 Å². The van der Waals surface area contributed by atoms with E-state index in [1.807, 2.05) is 0 Å². The molecule has 27 atom stereocenters. The zero-order valence-corrected chi connectivity index (χ0v) is 57.7. The summed E-state index contributed by atoms with van der Waals surface area (Å²) in [6, 6.07) is 0.783. The summed E-state index contributed by atoms with van der Waals surface area (Å²) in [6.45, 7) is 24.8. The number of aliphatic carboxylic acids is 1. The highest BCUT2D eigenvalue weighted by atomic mass is 16.5. The van der Waals surface area contributed by atoms with Crippen molar-refractivity contribution in [2.75, 3.05) is 14.2 Å². The van der Waals surface area contributed by atoms with E-state index in [0.717, 1.165) is 121 Å². The molecule has 16 heteroatoms. The molecule has 91 heavy (non-hydrogen) atoms. The van der Waals surface area contributed by atoms with Gasteiger partial charge in [-0.15, -0.1) is 0 Å². The number of Topliss-reactive ketones (excluding diaryl/α,β-unsaturated/α-hetero) is 3. The van der Waals surface area contributed by atoms with Crippen molar-refractivity contribution in [2.24, 2.45) is 167 Å². The number of oxime groups is 2. The van der Waals surface area contributed by atoms with Gasteiger partial charge in [0, 0.05) is 85.7 Å². The van der Waals surface area contributed by atoms with Gasteiger partial charge in [0.05, 0.1) is 25.6 Å². The van der Waals surface area contributed by atoms with Gasteiger partial charge < -0.3 is 42.2 Å². The quantitative estimate of drug-likeness (QED) is 0.0459. The molecule has 0 aromatic rings. The fourth-order valence-corrected chi connectivity index (χ4v) is 25.4. The Labute approximate surface area is 544 Å². The molecule has 0 aromatic heterocycles. The molecule has 16 nitrogen and oxygen atoms in total. The van der Waals surface area contributed by atoms with Gasteiger partial charge in [-0.25, -0.2) is 0 Å². The van der Waals surface area contributed by atoms with Crippen LogP contribution in [0.1, 0.15) is 236 Å². The summed E-state index contributed by atoms with van der Waals surface area (Å²) in [4.78, 5) is 73.6. The molecule has 0 aromatic carbocycles. The fraction of sp³-hybridized carbons (Fsp3) is 0.867. The first-order valence-electron chi connectivity index (χ1n) is 36.2. The zero-order valence-electron chi connectivity index (χ0n) is 57.7. The van der Waals surface area contributed by atoms with E-state index >= 15 is 0 Å². The van der Waals surface area contributed by atoms with Crippen molar-refractivity contribution < 1.29 is 53.8 Å². The Balaban J connectivity index is 0.000000150. The minimum Gasteiger partial charge on any atom is -0.481 e. The second kappa shape index (κ2) is 26.5. The predicted octanol–water partition coefficient (Wildman–Crippen LogP) is 13.2. The number of carboxylic acid groups (broad SMARTS) is 1. The monoisotopic (exact) mass is 1270 g/mol. The largest absolute Gasteiger partial charge is 0.481 e. The minimum absolute atomic E-state index is 0.0417. The molecule has 0 unspecified atom stereocenters. The minimum atomic E-state index is -0.687. The van der Waals surface area contributed by atoms with Crippen LogP contribution in [0.3, 0.4) is 0 Å². The Morgan fingerprint density at radius 2 is 1.11 bits per heavy atom. The number of carbonyl (C=O) groups is 6. The molecule has 0 radical (unpaired) electrons. The van der Waals surface area contributed by atoms with Gasteiger partial charge in [-0.3, -0.25) is 28.8 Å². The number of ether oxygens (including phenoxy) is 2. The Kier molecular flexibility index (Phi) is 20.4. The van der Waals surface area contributed by atoms with Gasteiger partial charge >= 0.3 is 17.9 Å². The average Bonchev–Trinajstić information content (AvgIpc) is 1.70. The molecule has 0 amide bonds. The number of carbonyl (C=O) groups excluding carboxylic acids is 5. The topological polar surface area (TPSA) is 284 Å². The molecule has 12 fully saturated rings. The summed E-state index contributed by atoms with van der Waals surface area (Å²) in [5.41, 5.74) is 23.2. The van der Waals surface area contributed by atoms with Crippen LogP contribution in [0.25, 0.3) is 0 Å². The van der Waals surface area contributed by atoms with E-state index in [4.69, 9.17) is 31.8 Å². The number of hydrogen-bond donors (Lipinski definition) is 6. The molecule has 0 saturated heterocycles. The highest BCUT2D eigenvalue weighted by Gasteiger charge is 2.69. The van der Waals surface area contributed by atoms with Gasteiger partial charge in [0.2, 0.25) is 0 Å². The highest BCUT2D eigenvalue weighted by molar-refractivity contribution is 5.97. The zero-order chi connectivity index (χ0) is 66.2. The molecule has 12 aliphatic carbocycles. The van der Waals surface area contributed by atoms with Crippen molar-refractivity contribution in [1.82, 2.24) is 0 Å². The summed E-state index contributed by atoms with van der Waals surface area (Å²) < 4.78 is 9.65. The third kappa shape index (κ3) is 11.9. The van der Waals surface area contributed by atoms with Crippen LogP contribution in [0.5, 0.6) is 0 Å². The molecule has 0 bridgehead atoms. The molecular formula is C75H119N5O11. The Bertz CT molecular complexity index is 2840. The van der Waals surface area contributed by atoms with E-state index in [0.29, 0.717) is 127 Å². The van der Waals surface area contributed by atoms with Crippen molar-refractivity contribution in [3.8, 4) is 0 Å². The van der Waals surface area contributed by atoms with Gasteiger partial charge in [-0.1, -0.05) is 84.8 Å². The number of ketones is 3. The first-order valence-corrected chi connectivity index (χ1v) is 36.2. The first-order chi connectivity index (χ1) is 42.9. The number of methoxy groups -OCH3 is 2. The maximum Gasteiger partial charge on any atom is 0.305 e. The Morgan fingerprint density at radius 1 is 0.571 bits per heavy atom. The maximum atomic E-state index is 13.7. The summed E-state index contributed by atoms with van der Waals surface area (Å²) in [5, 5.41) is 37.3. The van der Waals surface area contributed by atoms with E-state index in [-0.39, 0.29) is 99.3 Å². The van der Waals surface area contributed by atoms with Gasteiger partial charge in [0.15, 0.2) is 0 Å². The van der Waals surface area contributed by atoms with Gasteiger partial charge in [0.25, 0.3) is 0 Å². The van der Waals surface area contributed by atoms with Gasteiger partial charge in [-0.05, 0) is 245 Å². The van der Waals surface area contributed by atoms with Crippen LogP contribution in [-0.4, -0.2) is 94.5 Å². The van der Waals surface area contributed by atoms with Crippen molar-refractivity contribution in [3.05, 3.63) is 12.2 Å². The van der Waals surface area contributed by atoms with Gasteiger partial charge in [0.1, 0.15) is 17.3 Å². The van der Waals surface area contributed by atoms with E-state index in [2.05, 4.69) is 79.2 Å². The van der Waals surface area contributed by atoms with Crippen LogP contribution >= 0.6 is 0 Å². The van der Waals surface area contributed by atoms with E-state index in [1.54, 1.807) is 0 Å². The molecule has 12 saturated carbocycles. The Morgan fingerprint density at radius 3 is 1.71 bits per heavy atom. The lowest BCUT2D eigenvalue weighted by Crippen LogP contribution is -2.65. The third-order valence-corrected chi connectivity index (χ3v) is 30.9. The Hall–Kier alpha value is -4.02. The molecule has 510 valence electrons. The normalized spacial score (nSPS) is 47.1. The van der Waals surface area contributed by atoms with E-state index < -0.39 is 11.4 Å². The van der Waals surface area contributed by atoms with E-state index in [1.165, 1.54) is 39.1 Å². The fourth-order valence-electron chi connectivity index (χ4n) is 25.4. The van der Waals surface area contributed by atoms with Crippen LogP contribution < -0.4 is 17.2 Å². The number of fused-ring (bicyclic) bond motifs is 15. The molecule has 0 heterocycles. The molecule has 0 spiro atoms. The van der Waals surface area contributed by atoms with Crippen molar-refractivity contribution in [3.63, 3.8) is 0 Å². The summed E-state index contributed by atoms with van der Waals surface area (Å²) >= 11 is 0. The summed E-state index contributed by atoms with van der Waals surface area (Å²) in [6.07, 6.45) is 23.0. The SMILES string of the molecule is C=C1CC[C@@]2(C)[C@@H](C1)C/C(=N/O)[C@@H]1[C@@H]2C/C(=N\O)[C@]2(C)[C@@H]([C@H](C)CCC(=O)OC)CC[C@@H]12.COC(=O)CC[C@@H](C)[C@H]1CC[C@H]2[C@@H]3C(=O)C[C@@H]4CC(=O)CC[C@]4(C)[C@H]3CC(=O)[C@]12C.C[C@H](CCC(=O)O)[C@H]1CC[C@H]2[C@@H]3[C@H](N)C[C@@H]4C[C@H](N)CC[C@]4(C)[C@H]3C[C@H](N)[C@]12C. The third-order valence-electron chi connectivity index (χ3n) is 30.9. The summed E-state index contributed by atoms with van der Waals surface area (Å²) in [5.74, 6) is 5.81. The standard InChI is InChI=1S/C26H40N2O4.C25H36O5.C24H43N3O2/c1-15-10-11-25(3)17(12-15)13-21(27-30)24-19-8-7-18(16(2)6-9-23(29)32-5)26(19,4)22(28-31)14-20(24)25;1-14(5-8-22(29)30-4)17-6-7-18-23-19(13-21(28)25(17,18)3)24(2)10-9-16(26)11-15(24)12-20(23)27;1-13(4-7-21(28)29)16-5-6-17-22-18(12-20(27)24(16,17)3)23(2)9-8-15(25)10-14(23)11-19(22)26/h16-20,24,30-31H,1,6-14H2,2-5H3;14-15,17-19,23H,5-13H2,1-4H3;13-20,22H,4-12,25-27H2,1-3H3,(H,28,29)/b27-21-,28-22+;;/t16-,17+,18-,19+,20+,24+,25+,26-;14-,15+,17-,18+,19+,23+,24+,25-;13-,14+,15-,16-,17+,18+,19-,20+,22+,23+,24-/m111/s1. The second-order valence-electron chi connectivity index (χ2n) is 34.3. The van der Waals surface area contributed by atoms with Crippen LogP contribution in [0.2, 0.25) is 0 Å². The first kappa shape index (κ1) is 69.8. The molecule has 0 aliphatic heterocycles. The molecule has 9 N–H and O–H groups in total. The van der Waals surface area contributed by atoms with Gasteiger partial charge in [-0.2, -0.15) is 0 Å². The number of nitrogens with zero attached hydrogens (tertiary/aromatic N) is 2. The van der Waals surface area contributed by atoms with Crippen molar-refractivity contribution >= 4 is 46.7 Å². The van der Waals surface area contributed by atoms with Crippen molar-refractivity contribution in [1.29, 1.82) is 0 Å². The molecule has 12 rings (SSSR count). The number of esters is 2. The van der Waals surface area contributed by atoms with Crippen LogP contribution in [0.15, 0.2) is 22.5 Å². The highest BCUT2D eigenvalue weighted by Crippen LogP contribution is 2.71. The number of rotatable bonds is 12. The van der Waals surface area contributed by atoms with Crippen LogP contribution in [-0.2, 0) is 38.2 Å². The van der Waals surface area contributed by atoms with Crippen LogP contribution in [0.4, 0.5) is 0 Å². The lowest BCUT2D eigenvalue weighted by molar-refractivity contribution is -0.166. The number of allylic oxidation sites excluding steroid dienone is 1. The number of nitrogens with two attached hydrogens (primary N) is 3. The lowest BCUT2D eigenvalue weighted by Gasteiger charge is -2.64. The van der Waals surface area contributed by atoms with Crippen molar-refractivity contribution in [2.45, 2.75) is 254 Å². The smallest absolute Gasteiger partial charge is 0.305 e. The second-order valence-corrected chi connectivity index (χ2v) is 34.3. The lowest BCUT2D eigenvalue weighted by atomic mass is 9.42. The average molecular weight is 1270 g/mol. The van der Waals surface area contributed by atoms with Crippen LogP contribution in [0, 0.1) is 139 Å². The molecular weight excluding hydrogens is 1150 g/mol. The summed E-state index contributed by atoms with van der Waals surface area (Å²) in [7, 11) is 2.84. The molecule has 12 aliphatic rings.